The van der Waals surface area contributed by atoms with Gasteiger partial charge < -0.3 is 0 Å². The highest BCUT2D eigenvalue weighted by molar-refractivity contribution is 6.26. The van der Waals surface area contributed by atoms with Gasteiger partial charge in [0.1, 0.15) is 0 Å². The molecule has 3 nitrogen and oxygen atoms in total. The van der Waals surface area contributed by atoms with Gasteiger partial charge in [-0.25, -0.2) is 15.0 Å². The molecule has 0 aliphatic heterocycles. The molecular weight excluding hydrogens is 595 g/mol. The fourth-order valence-corrected chi connectivity index (χ4v) is 8.14. The Kier molecular flexibility index (Phi) is 5.92. The molecule has 10 rings (SSSR count). The molecule has 0 bridgehead atoms. The summed E-state index contributed by atoms with van der Waals surface area (Å²) >= 11 is 0. The van der Waals surface area contributed by atoms with Gasteiger partial charge in [0.15, 0.2) is 17.5 Å². The zero-order valence-electron chi connectivity index (χ0n) is 27.3. The summed E-state index contributed by atoms with van der Waals surface area (Å²) in [6, 6.07) is 54.1. The van der Waals surface area contributed by atoms with Crippen molar-refractivity contribution in [3.8, 4) is 45.3 Å². The van der Waals surface area contributed by atoms with E-state index in [9.17, 15) is 0 Å². The number of aromatic nitrogens is 3. The molecule has 0 saturated heterocycles. The predicted molar refractivity (Wildman–Crippen MR) is 204 cm³/mol. The van der Waals surface area contributed by atoms with Crippen LogP contribution in [-0.2, 0) is 5.41 Å². The summed E-state index contributed by atoms with van der Waals surface area (Å²) in [5.74, 6) is 1.99. The Hall–Kier alpha value is -6.19. The Morgan fingerprint density at radius 1 is 0.408 bits per heavy atom. The summed E-state index contributed by atoms with van der Waals surface area (Å²) < 4.78 is 0. The second-order valence-electron chi connectivity index (χ2n) is 13.6. The van der Waals surface area contributed by atoms with Crippen molar-refractivity contribution in [1.29, 1.82) is 0 Å². The fraction of sp³-hybridized carbons (Fsp3) is 0.0652. The highest BCUT2D eigenvalue weighted by Crippen LogP contribution is 2.55. The molecule has 9 aromatic rings. The molecule has 0 amide bonds. The van der Waals surface area contributed by atoms with E-state index in [4.69, 9.17) is 15.0 Å². The average Bonchev–Trinajstić information content (AvgIpc) is 3.41. The van der Waals surface area contributed by atoms with E-state index < -0.39 is 0 Å². The highest BCUT2D eigenvalue weighted by Gasteiger charge is 2.38. The van der Waals surface area contributed by atoms with Crippen LogP contribution in [0.5, 0.6) is 0 Å². The first-order chi connectivity index (χ1) is 24.0. The highest BCUT2D eigenvalue weighted by atomic mass is 15.0. The SMILES string of the molecule is CC1(C)c2ccccc2-c2c1c1ccc3cc(-c4nc(-c5ccccc5)nc(-c5ccc6ccccc6c5)n4)ccc3c1c1ccccc21. The van der Waals surface area contributed by atoms with Gasteiger partial charge in [0.05, 0.1) is 0 Å². The number of benzene rings is 8. The summed E-state index contributed by atoms with van der Waals surface area (Å²) in [6.07, 6.45) is 0. The Bertz CT molecular complexity index is 2800. The molecule has 0 saturated carbocycles. The third-order valence-corrected chi connectivity index (χ3v) is 10.4. The van der Waals surface area contributed by atoms with Crippen LogP contribution in [-0.4, -0.2) is 15.0 Å². The molecule has 1 aliphatic rings. The normalized spacial score (nSPS) is 13.3. The Labute approximate surface area is 284 Å². The third-order valence-electron chi connectivity index (χ3n) is 10.4. The lowest BCUT2D eigenvalue weighted by molar-refractivity contribution is 0.666. The molecular formula is C46H31N3. The molecule has 0 radical (unpaired) electrons. The lowest BCUT2D eigenvalue weighted by atomic mass is 9.78. The van der Waals surface area contributed by atoms with Crippen LogP contribution in [0.25, 0.3) is 88.4 Å². The predicted octanol–water partition coefficient (Wildman–Crippen LogP) is 11.8. The summed E-state index contributed by atoms with van der Waals surface area (Å²) in [5.41, 5.74) is 8.31. The van der Waals surface area contributed by atoms with E-state index in [1.165, 1.54) is 54.6 Å². The van der Waals surface area contributed by atoms with Crippen molar-refractivity contribution < 1.29 is 0 Å². The van der Waals surface area contributed by atoms with Crippen LogP contribution in [0, 0.1) is 0 Å². The molecule has 0 fully saturated rings. The zero-order chi connectivity index (χ0) is 32.7. The van der Waals surface area contributed by atoms with Gasteiger partial charge in [-0.1, -0.05) is 153 Å². The topological polar surface area (TPSA) is 38.7 Å². The van der Waals surface area contributed by atoms with Gasteiger partial charge in [-0.05, 0) is 77.5 Å². The molecule has 1 aromatic heterocycles. The largest absolute Gasteiger partial charge is 0.208 e. The van der Waals surface area contributed by atoms with E-state index in [1.807, 2.05) is 18.2 Å². The Morgan fingerprint density at radius 3 is 1.78 bits per heavy atom. The average molecular weight is 626 g/mol. The van der Waals surface area contributed by atoms with Crippen molar-refractivity contribution in [2.75, 3.05) is 0 Å². The van der Waals surface area contributed by atoms with Gasteiger partial charge in [-0.2, -0.15) is 0 Å². The summed E-state index contributed by atoms with van der Waals surface area (Å²) in [4.78, 5) is 15.1. The molecule has 1 heterocycles. The van der Waals surface area contributed by atoms with E-state index in [2.05, 4.69) is 147 Å². The van der Waals surface area contributed by atoms with Crippen molar-refractivity contribution in [3.63, 3.8) is 0 Å². The Morgan fingerprint density at radius 2 is 0.980 bits per heavy atom. The van der Waals surface area contributed by atoms with E-state index >= 15 is 0 Å². The molecule has 0 spiro atoms. The number of hydrogen-bond acceptors (Lipinski definition) is 3. The van der Waals surface area contributed by atoms with Crippen molar-refractivity contribution in [3.05, 3.63) is 163 Å². The summed E-state index contributed by atoms with van der Waals surface area (Å²) in [6.45, 7) is 4.74. The molecule has 230 valence electrons. The molecule has 0 atom stereocenters. The molecule has 3 heteroatoms. The summed E-state index contributed by atoms with van der Waals surface area (Å²) in [5, 5.41) is 9.96. The van der Waals surface area contributed by atoms with Crippen LogP contribution in [0.4, 0.5) is 0 Å². The van der Waals surface area contributed by atoms with Gasteiger partial charge in [0.2, 0.25) is 0 Å². The van der Waals surface area contributed by atoms with Crippen LogP contribution < -0.4 is 0 Å². The molecule has 8 aromatic carbocycles. The second-order valence-corrected chi connectivity index (χ2v) is 13.6. The van der Waals surface area contributed by atoms with Crippen LogP contribution >= 0.6 is 0 Å². The van der Waals surface area contributed by atoms with E-state index in [0.717, 1.165) is 27.5 Å². The van der Waals surface area contributed by atoms with Crippen molar-refractivity contribution in [2.45, 2.75) is 19.3 Å². The minimum absolute atomic E-state index is 0.111. The molecule has 49 heavy (non-hydrogen) atoms. The Balaban J connectivity index is 1.20. The van der Waals surface area contributed by atoms with Gasteiger partial charge in [-0.15, -0.1) is 0 Å². The maximum absolute atomic E-state index is 5.09. The minimum Gasteiger partial charge on any atom is -0.208 e. The van der Waals surface area contributed by atoms with E-state index in [1.54, 1.807) is 0 Å². The van der Waals surface area contributed by atoms with Crippen molar-refractivity contribution in [2.24, 2.45) is 0 Å². The minimum atomic E-state index is -0.111. The maximum Gasteiger partial charge on any atom is 0.164 e. The first-order valence-electron chi connectivity index (χ1n) is 16.9. The van der Waals surface area contributed by atoms with E-state index in [-0.39, 0.29) is 5.41 Å². The van der Waals surface area contributed by atoms with Gasteiger partial charge >= 0.3 is 0 Å². The number of nitrogens with zero attached hydrogens (tertiary/aromatic N) is 3. The van der Waals surface area contributed by atoms with Crippen LogP contribution in [0.2, 0.25) is 0 Å². The number of rotatable bonds is 3. The van der Waals surface area contributed by atoms with Crippen molar-refractivity contribution >= 4 is 43.1 Å². The van der Waals surface area contributed by atoms with Gasteiger partial charge in [-0.3, -0.25) is 0 Å². The maximum atomic E-state index is 5.09. The molecule has 0 unspecified atom stereocenters. The molecule has 0 N–H and O–H groups in total. The zero-order valence-corrected chi connectivity index (χ0v) is 27.3. The first-order valence-corrected chi connectivity index (χ1v) is 16.9. The van der Waals surface area contributed by atoms with Crippen molar-refractivity contribution in [1.82, 2.24) is 15.0 Å². The van der Waals surface area contributed by atoms with Gasteiger partial charge in [0.25, 0.3) is 0 Å². The standard InChI is InChI=1S/C46H31N3/c1-46(2)39-19-11-10-18-37(39)41-36-17-9-8-16-35(36)40-34-24-23-33(27-31(34)22-25-38(40)42(41)46)45-48-43(29-13-4-3-5-14-29)47-44(49-45)32-21-20-28-12-6-7-15-30(28)26-32/h3-27H,1-2H3. The van der Waals surface area contributed by atoms with Crippen LogP contribution in [0.15, 0.2) is 152 Å². The monoisotopic (exact) mass is 625 g/mol. The second kappa shape index (κ2) is 10.4. The fourth-order valence-electron chi connectivity index (χ4n) is 8.14. The quantitative estimate of drug-likeness (QED) is 0.183. The molecule has 1 aliphatic carbocycles. The third kappa shape index (κ3) is 4.19. The summed E-state index contributed by atoms with van der Waals surface area (Å²) in [7, 11) is 0. The first kappa shape index (κ1) is 27.9. The van der Waals surface area contributed by atoms with Gasteiger partial charge in [0, 0.05) is 22.1 Å². The number of fused-ring (bicyclic) bond motifs is 11. The van der Waals surface area contributed by atoms with Crippen LogP contribution in [0.3, 0.4) is 0 Å². The van der Waals surface area contributed by atoms with E-state index in [0.29, 0.717) is 17.5 Å². The van der Waals surface area contributed by atoms with Crippen LogP contribution in [0.1, 0.15) is 25.0 Å². The lowest BCUT2D eigenvalue weighted by Gasteiger charge is -2.24. The smallest absolute Gasteiger partial charge is 0.164 e. The number of hydrogen-bond donors (Lipinski definition) is 0. The lowest BCUT2D eigenvalue weighted by Crippen LogP contribution is -2.15.